The Morgan fingerprint density at radius 1 is 1.29 bits per heavy atom. The third-order valence-corrected chi connectivity index (χ3v) is 4.30. The van der Waals surface area contributed by atoms with E-state index in [9.17, 15) is 0 Å². The fraction of sp³-hybridized carbons (Fsp3) is 0.222. The fourth-order valence-corrected chi connectivity index (χ4v) is 3.24. The largest absolute Gasteiger partial charge is 0.411 e. The van der Waals surface area contributed by atoms with Crippen LogP contribution >= 0.6 is 11.6 Å². The second-order valence-corrected chi connectivity index (χ2v) is 5.81. The number of oxime groups is 1. The number of aliphatic imine (C=N–C) groups is 1. The van der Waals surface area contributed by atoms with Crippen LogP contribution < -0.4 is 0 Å². The Balaban J connectivity index is 2.34. The molecule has 1 unspecified atom stereocenters. The van der Waals surface area contributed by atoms with E-state index in [-0.39, 0.29) is 0 Å². The van der Waals surface area contributed by atoms with Gasteiger partial charge in [-0.05, 0) is 25.1 Å². The molecule has 3 rings (SSSR count). The van der Waals surface area contributed by atoms with Crippen LogP contribution in [-0.2, 0) is 10.5 Å². The number of hydrogen-bond acceptors (Lipinski definition) is 5. The number of rotatable bonds is 4. The van der Waals surface area contributed by atoms with Gasteiger partial charge in [0.05, 0.1) is 5.69 Å². The molecular formula is C18H18ClN3O2. The van der Waals surface area contributed by atoms with E-state index >= 15 is 0 Å². The molecule has 1 heterocycles. The first kappa shape index (κ1) is 16.5. The zero-order chi connectivity index (χ0) is 17.2. The Morgan fingerprint density at radius 2 is 2.04 bits per heavy atom. The van der Waals surface area contributed by atoms with Gasteiger partial charge in [0.25, 0.3) is 0 Å². The molecule has 124 valence electrons. The highest BCUT2D eigenvalue weighted by Crippen LogP contribution is 2.45. The highest BCUT2D eigenvalue weighted by molar-refractivity contribution is 6.31. The zero-order valence-electron chi connectivity index (χ0n) is 13.5. The standard InChI is InChI=1S/C18H18ClN3O2/c1-3-24-18(13-7-5-4-6-8-13)15-11-14(19)9-10-16(15)21-17(12-20-23)22(18)2/h4-12,23H,3H2,1-2H3/b20-12+. The van der Waals surface area contributed by atoms with Gasteiger partial charge >= 0.3 is 0 Å². The van der Waals surface area contributed by atoms with Crippen molar-refractivity contribution in [2.45, 2.75) is 12.6 Å². The van der Waals surface area contributed by atoms with Gasteiger partial charge in [-0.3, -0.25) is 0 Å². The van der Waals surface area contributed by atoms with E-state index in [4.69, 9.17) is 21.5 Å². The molecule has 0 aromatic heterocycles. The summed E-state index contributed by atoms with van der Waals surface area (Å²) in [5.41, 5.74) is 1.61. The number of benzene rings is 2. The summed E-state index contributed by atoms with van der Waals surface area (Å²) < 4.78 is 6.27. The number of fused-ring (bicyclic) bond motifs is 1. The van der Waals surface area contributed by atoms with Crippen LogP contribution in [0.3, 0.4) is 0 Å². The minimum Gasteiger partial charge on any atom is -0.411 e. The zero-order valence-corrected chi connectivity index (χ0v) is 14.2. The average Bonchev–Trinajstić information content (AvgIpc) is 2.60. The Kier molecular flexibility index (Phi) is 4.55. The van der Waals surface area contributed by atoms with Crippen molar-refractivity contribution in [2.24, 2.45) is 10.1 Å². The van der Waals surface area contributed by atoms with Gasteiger partial charge in [-0.25, -0.2) is 4.99 Å². The van der Waals surface area contributed by atoms with Gasteiger partial charge in [0.15, 0.2) is 11.6 Å². The number of hydrogen-bond donors (Lipinski definition) is 1. The molecule has 0 radical (unpaired) electrons. The van der Waals surface area contributed by atoms with E-state index in [1.807, 2.05) is 61.3 Å². The summed E-state index contributed by atoms with van der Waals surface area (Å²) in [6.07, 6.45) is 1.30. The molecule has 0 saturated carbocycles. The van der Waals surface area contributed by atoms with E-state index in [2.05, 4.69) is 10.1 Å². The molecule has 0 spiro atoms. The first-order chi connectivity index (χ1) is 11.6. The fourth-order valence-electron chi connectivity index (χ4n) is 3.06. The smallest absolute Gasteiger partial charge is 0.196 e. The summed E-state index contributed by atoms with van der Waals surface area (Å²) in [6.45, 7) is 2.42. The predicted molar refractivity (Wildman–Crippen MR) is 95.4 cm³/mol. The lowest BCUT2D eigenvalue weighted by molar-refractivity contribution is -0.0894. The van der Waals surface area contributed by atoms with Gasteiger partial charge in [0.2, 0.25) is 0 Å². The molecule has 1 aliphatic heterocycles. The molecule has 5 nitrogen and oxygen atoms in total. The molecule has 0 bridgehead atoms. The van der Waals surface area contributed by atoms with Crippen LogP contribution in [0.5, 0.6) is 0 Å². The van der Waals surface area contributed by atoms with Crippen LogP contribution in [0, 0.1) is 0 Å². The molecule has 0 amide bonds. The highest BCUT2D eigenvalue weighted by atomic mass is 35.5. The van der Waals surface area contributed by atoms with Crippen molar-refractivity contribution in [3.05, 3.63) is 64.7 Å². The molecule has 1 atom stereocenters. The Labute approximate surface area is 145 Å². The molecule has 24 heavy (non-hydrogen) atoms. The Morgan fingerprint density at radius 3 is 2.71 bits per heavy atom. The van der Waals surface area contributed by atoms with Gasteiger partial charge in [0, 0.05) is 29.8 Å². The number of nitrogens with zero attached hydrogens (tertiary/aromatic N) is 3. The lowest BCUT2D eigenvalue weighted by Gasteiger charge is -2.45. The van der Waals surface area contributed by atoms with Crippen molar-refractivity contribution < 1.29 is 9.94 Å². The van der Waals surface area contributed by atoms with Gasteiger partial charge in [0.1, 0.15) is 6.21 Å². The number of halogens is 1. The lowest BCUT2D eigenvalue weighted by atomic mass is 9.89. The van der Waals surface area contributed by atoms with Crippen LogP contribution in [-0.4, -0.2) is 35.8 Å². The molecule has 0 aliphatic carbocycles. The van der Waals surface area contributed by atoms with E-state index in [0.717, 1.165) is 16.8 Å². The maximum atomic E-state index is 9.00. The van der Waals surface area contributed by atoms with Crippen molar-refractivity contribution in [1.29, 1.82) is 0 Å². The van der Waals surface area contributed by atoms with Crippen LogP contribution in [0.25, 0.3) is 0 Å². The topological polar surface area (TPSA) is 57.4 Å². The summed E-state index contributed by atoms with van der Waals surface area (Å²) in [5, 5.41) is 12.7. The van der Waals surface area contributed by atoms with Crippen LogP contribution in [0.1, 0.15) is 18.1 Å². The molecule has 0 fully saturated rings. The molecule has 1 N–H and O–H groups in total. The third kappa shape index (κ3) is 2.56. The lowest BCUT2D eigenvalue weighted by Crippen LogP contribution is -2.52. The Hall–Kier alpha value is -2.37. The minimum absolute atomic E-state index is 0.481. The molecule has 2 aromatic rings. The summed E-state index contributed by atoms with van der Waals surface area (Å²) in [5.74, 6) is 0.490. The average molecular weight is 344 g/mol. The van der Waals surface area contributed by atoms with Gasteiger partial charge < -0.3 is 14.8 Å². The Bertz CT molecular complexity index is 792. The number of ether oxygens (including phenoxy) is 1. The maximum Gasteiger partial charge on any atom is 0.196 e. The van der Waals surface area contributed by atoms with Gasteiger partial charge in [-0.1, -0.05) is 47.1 Å². The second kappa shape index (κ2) is 6.63. The maximum absolute atomic E-state index is 9.00. The number of amidine groups is 1. The second-order valence-electron chi connectivity index (χ2n) is 5.38. The first-order valence-electron chi connectivity index (χ1n) is 7.63. The van der Waals surface area contributed by atoms with E-state index in [1.54, 1.807) is 6.07 Å². The summed E-state index contributed by atoms with van der Waals surface area (Å²) in [4.78, 5) is 6.41. The van der Waals surface area contributed by atoms with Crippen LogP contribution in [0.15, 0.2) is 58.7 Å². The SMILES string of the molecule is CCOC1(c2ccccc2)c2cc(Cl)ccc2N=C(/C=N/O)N1C. The van der Waals surface area contributed by atoms with Crippen molar-refractivity contribution in [1.82, 2.24) is 4.90 Å². The molecular weight excluding hydrogens is 326 g/mol. The van der Waals surface area contributed by atoms with Crippen molar-refractivity contribution in [2.75, 3.05) is 13.7 Å². The van der Waals surface area contributed by atoms with Gasteiger partial charge in [-0.2, -0.15) is 0 Å². The third-order valence-electron chi connectivity index (χ3n) is 4.07. The van der Waals surface area contributed by atoms with Crippen molar-refractivity contribution in [3.63, 3.8) is 0 Å². The summed E-state index contributed by atoms with van der Waals surface area (Å²) in [7, 11) is 1.85. The predicted octanol–water partition coefficient (Wildman–Crippen LogP) is 4.01. The highest BCUT2D eigenvalue weighted by Gasteiger charge is 2.45. The quantitative estimate of drug-likeness (QED) is 0.518. The molecule has 0 saturated heterocycles. The van der Waals surface area contributed by atoms with E-state index < -0.39 is 5.72 Å². The normalized spacial score (nSPS) is 20.1. The van der Waals surface area contributed by atoms with Crippen LogP contribution in [0.2, 0.25) is 5.02 Å². The molecule has 2 aromatic carbocycles. The first-order valence-corrected chi connectivity index (χ1v) is 8.00. The monoisotopic (exact) mass is 343 g/mol. The minimum atomic E-state index is -0.908. The van der Waals surface area contributed by atoms with Crippen molar-refractivity contribution in [3.8, 4) is 0 Å². The van der Waals surface area contributed by atoms with Crippen molar-refractivity contribution >= 4 is 29.3 Å². The van der Waals surface area contributed by atoms with Gasteiger partial charge in [-0.15, -0.1) is 0 Å². The molecule has 6 heteroatoms. The van der Waals surface area contributed by atoms with E-state index in [0.29, 0.717) is 17.5 Å². The molecule has 1 aliphatic rings. The summed E-state index contributed by atoms with van der Waals surface area (Å²) in [6, 6.07) is 15.4. The van der Waals surface area contributed by atoms with Crippen LogP contribution in [0.4, 0.5) is 5.69 Å². The van der Waals surface area contributed by atoms with E-state index in [1.165, 1.54) is 6.21 Å². The summed E-state index contributed by atoms with van der Waals surface area (Å²) >= 11 is 6.25.